The largest absolute Gasteiger partial charge is 0.492 e. The molecule has 0 aliphatic carbocycles. The van der Waals surface area contributed by atoms with E-state index < -0.39 is 0 Å². The molecule has 3 heteroatoms. The number of rotatable bonds is 3. The highest BCUT2D eigenvalue weighted by molar-refractivity contribution is 7.80. The third-order valence-corrected chi connectivity index (χ3v) is 1.85. The molecule has 0 spiro atoms. The lowest BCUT2D eigenvalue weighted by molar-refractivity contribution is 0.342. The Hall–Kier alpha value is -1.14. The monoisotopic (exact) mass is 193 g/mol. The predicted octanol–water partition coefficient (Wildman–Crippen LogP) is 2.18. The van der Waals surface area contributed by atoms with Gasteiger partial charge in [-0.05, 0) is 24.6 Å². The summed E-state index contributed by atoms with van der Waals surface area (Å²) < 4.78 is 5.40. The second-order valence-corrected chi connectivity index (χ2v) is 3.11. The van der Waals surface area contributed by atoms with Crippen molar-refractivity contribution in [3.8, 4) is 11.8 Å². The number of ether oxygens (including phenoxy) is 1. The third kappa shape index (κ3) is 2.67. The maximum Gasteiger partial charge on any atom is 0.123 e. The van der Waals surface area contributed by atoms with E-state index in [1.807, 2.05) is 13.0 Å². The Morgan fingerprint density at radius 3 is 2.92 bits per heavy atom. The first-order chi connectivity index (χ1) is 6.27. The minimum Gasteiger partial charge on any atom is -0.492 e. The van der Waals surface area contributed by atoms with Crippen LogP contribution in [0, 0.1) is 18.3 Å². The average molecular weight is 193 g/mol. The lowest BCUT2D eigenvalue weighted by Gasteiger charge is -2.07. The summed E-state index contributed by atoms with van der Waals surface area (Å²) in [6.45, 7) is 2.52. The number of aryl methyl sites for hydroxylation is 1. The zero-order chi connectivity index (χ0) is 9.68. The molecule has 0 unspecified atom stereocenters. The summed E-state index contributed by atoms with van der Waals surface area (Å²) in [5.41, 5.74) is 1.67. The number of thiol groups is 1. The summed E-state index contributed by atoms with van der Waals surface area (Å²) in [5.74, 6) is 1.45. The van der Waals surface area contributed by atoms with Crippen molar-refractivity contribution in [2.24, 2.45) is 0 Å². The zero-order valence-electron chi connectivity index (χ0n) is 7.45. The third-order valence-electron chi connectivity index (χ3n) is 1.67. The Morgan fingerprint density at radius 2 is 2.31 bits per heavy atom. The number of hydrogen-bond acceptors (Lipinski definition) is 3. The van der Waals surface area contributed by atoms with Crippen molar-refractivity contribution in [2.45, 2.75) is 6.92 Å². The minimum atomic E-state index is 0.568. The van der Waals surface area contributed by atoms with Crippen molar-refractivity contribution in [3.63, 3.8) is 0 Å². The summed E-state index contributed by atoms with van der Waals surface area (Å²) in [6, 6.07) is 7.48. The van der Waals surface area contributed by atoms with Crippen molar-refractivity contribution in [1.82, 2.24) is 0 Å². The van der Waals surface area contributed by atoms with Gasteiger partial charge >= 0.3 is 0 Å². The van der Waals surface area contributed by atoms with Gasteiger partial charge in [0.15, 0.2) is 0 Å². The van der Waals surface area contributed by atoms with Gasteiger partial charge in [0, 0.05) is 5.75 Å². The molecule has 1 rings (SSSR count). The summed E-state index contributed by atoms with van der Waals surface area (Å²) in [7, 11) is 0. The lowest BCUT2D eigenvalue weighted by atomic mass is 10.1. The Morgan fingerprint density at radius 1 is 1.54 bits per heavy atom. The number of nitrogens with zero attached hydrogens (tertiary/aromatic N) is 1. The highest BCUT2D eigenvalue weighted by Crippen LogP contribution is 2.18. The molecule has 0 saturated heterocycles. The van der Waals surface area contributed by atoms with Crippen molar-refractivity contribution in [1.29, 1.82) is 5.26 Å². The number of benzene rings is 1. The standard InChI is InChI=1S/C10H11NOS/c1-8-2-3-9(7-11)6-10(8)12-4-5-13/h2-3,6,13H,4-5H2,1H3. The fourth-order valence-electron chi connectivity index (χ4n) is 0.981. The molecule has 13 heavy (non-hydrogen) atoms. The van der Waals surface area contributed by atoms with E-state index in [1.165, 1.54) is 0 Å². The van der Waals surface area contributed by atoms with E-state index in [9.17, 15) is 0 Å². The van der Waals surface area contributed by atoms with Crippen molar-refractivity contribution in [3.05, 3.63) is 29.3 Å². The summed E-state index contributed by atoms with van der Waals surface area (Å²) >= 11 is 4.04. The predicted molar refractivity (Wildman–Crippen MR) is 55.2 cm³/mol. The highest BCUT2D eigenvalue weighted by Gasteiger charge is 2.00. The second kappa shape index (κ2) is 4.78. The Bertz CT molecular complexity index is 330. The molecule has 0 atom stereocenters. The molecule has 1 aromatic carbocycles. The highest BCUT2D eigenvalue weighted by atomic mass is 32.1. The van der Waals surface area contributed by atoms with Gasteiger partial charge in [0.05, 0.1) is 18.2 Å². The first-order valence-corrected chi connectivity index (χ1v) is 4.65. The van der Waals surface area contributed by atoms with Gasteiger partial charge in [0.1, 0.15) is 5.75 Å². The average Bonchev–Trinajstić information content (AvgIpc) is 2.17. The van der Waals surface area contributed by atoms with Gasteiger partial charge in [0.2, 0.25) is 0 Å². The van der Waals surface area contributed by atoms with Gasteiger partial charge in [-0.15, -0.1) is 0 Å². The molecule has 1 aromatic rings. The van der Waals surface area contributed by atoms with Crippen LogP contribution in [-0.4, -0.2) is 12.4 Å². The van der Waals surface area contributed by atoms with Crippen LogP contribution in [0.2, 0.25) is 0 Å². The van der Waals surface area contributed by atoms with Crippen LogP contribution in [0.5, 0.6) is 5.75 Å². The SMILES string of the molecule is Cc1ccc(C#N)cc1OCCS. The summed E-state index contributed by atoms with van der Waals surface area (Å²) in [5, 5.41) is 8.66. The van der Waals surface area contributed by atoms with Crippen LogP contribution >= 0.6 is 12.6 Å². The maximum atomic E-state index is 8.66. The molecule has 0 fully saturated rings. The number of nitriles is 1. The van der Waals surface area contributed by atoms with Gasteiger partial charge in [-0.3, -0.25) is 0 Å². The molecule has 0 aliphatic heterocycles. The molecular weight excluding hydrogens is 182 g/mol. The fourth-order valence-corrected chi connectivity index (χ4v) is 1.07. The van der Waals surface area contributed by atoms with E-state index in [1.54, 1.807) is 12.1 Å². The molecule has 0 bridgehead atoms. The molecule has 0 N–H and O–H groups in total. The van der Waals surface area contributed by atoms with Crippen LogP contribution < -0.4 is 4.74 Å². The van der Waals surface area contributed by atoms with Crippen LogP contribution in [0.15, 0.2) is 18.2 Å². The summed E-state index contributed by atoms with van der Waals surface area (Å²) in [6.07, 6.45) is 0. The molecule has 68 valence electrons. The van der Waals surface area contributed by atoms with Crippen molar-refractivity contribution in [2.75, 3.05) is 12.4 Å². The zero-order valence-corrected chi connectivity index (χ0v) is 8.34. The lowest BCUT2D eigenvalue weighted by Crippen LogP contribution is -1.99. The molecule has 0 radical (unpaired) electrons. The van der Waals surface area contributed by atoms with E-state index in [4.69, 9.17) is 10.00 Å². The second-order valence-electron chi connectivity index (χ2n) is 2.66. The van der Waals surface area contributed by atoms with Crippen LogP contribution in [0.25, 0.3) is 0 Å². The van der Waals surface area contributed by atoms with Crippen LogP contribution in [0.3, 0.4) is 0 Å². The van der Waals surface area contributed by atoms with E-state index in [0.717, 1.165) is 11.3 Å². The smallest absolute Gasteiger partial charge is 0.123 e. The fraction of sp³-hybridized carbons (Fsp3) is 0.300. The summed E-state index contributed by atoms with van der Waals surface area (Å²) in [4.78, 5) is 0. The molecule has 0 heterocycles. The molecule has 0 saturated carbocycles. The Balaban J connectivity index is 2.85. The normalized spacial score (nSPS) is 9.31. The van der Waals surface area contributed by atoms with E-state index in [2.05, 4.69) is 18.7 Å². The quantitative estimate of drug-likeness (QED) is 0.746. The van der Waals surface area contributed by atoms with Gasteiger partial charge in [-0.25, -0.2) is 0 Å². The number of hydrogen-bond donors (Lipinski definition) is 1. The van der Waals surface area contributed by atoms with Crippen LogP contribution in [-0.2, 0) is 0 Å². The topological polar surface area (TPSA) is 33.0 Å². The van der Waals surface area contributed by atoms with Crippen molar-refractivity contribution < 1.29 is 4.74 Å². The van der Waals surface area contributed by atoms with Crippen molar-refractivity contribution >= 4 is 12.6 Å². The molecular formula is C10H11NOS. The molecule has 0 amide bonds. The van der Waals surface area contributed by atoms with Gasteiger partial charge in [-0.1, -0.05) is 6.07 Å². The maximum absolute atomic E-state index is 8.66. The Kier molecular flexibility index (Phi) is 3.66. The molecule has 2 nitrogen and oxygen atoms in total. The first-order valence-electron chi connectivity index (χ1n) is 4.02. The van der Waals surface area contributed by atoms with Gasteiger partial charge < -0.3 is 4.74 Å². The first kappa shape index (κ1) is 9.94. The van der Waals surface area contributed by atoms with E-state index in [-0.39, 0.29) is 0 Å². The molecule has 0 aliphatic rings. The minimum absolute atomic E-state index is 0.568. The molecule has 0 aromatic heterocycles. The van der Waals surface area contributed by atoms with E-state index >= 15 is 0 Å². The Labute approximate surface area is 83.6 Å². The van der Waals surface area contributed by atoms with E-state index in [0.29, 0.717) is 17.9 Å². The van der Waals surface area contributed by atoms with Gasteiger partial charge in [0.25, 0.3) is 0 Å². The van der Waals surface area contributed by atoms with Crippen LogP contribution in [0.4, 0.5) is 0 Å². The van der Waals surface area contributed by atoms with Gasteiger partial charge in [-0.2, -0.15) is 17.9 Å². The van der Waals surface area contributed by atoms with Crippen LogP contribution in [0.1, 0.15) is 11.1 Å².